The summed E-state index contributed by atoms with van der Waals surface area (Å²) in [7, 11) is 0. The van der Waals surface area contributed by atoms with Crippen LogP contribution in [-0.4, -0.2) is 31.2 Å². The Hall–Kier alpha value is -3.32. The molecule has 0 amide bonds. The lowest BCUT2D eigenvalue weighted by atomic mass is 9.86. The third kappa shape index (κ3) is 5.30. The average Bonchev–Trinajstić information content (AvgIpc) is 3.04. The summed E-state index contributed by atoms with van der Waals surface area (Å²) in [5, 5.41) is 0. The molecule has 0 spiro atoms. The van der Waals surface area contributed by atoms with E-state index in [1.807, 2.05) is 48.5 Å². The van der Waals surface area contributed by atoms with Crippen LogP contribution >= 0.6 is 0 Å². The highest BCUT2D eigenvalue weighted by molar-refractivity contribution is 6.00. The lowest BCUT2D eigenvalue weighted by Crippen LogP contribution is -2.40. The zero-order valence-corrected chi connectivity index (χ0v) is 20.7. The zero-order valence-electron chi connectivity index (χ0n) is 20.7. The van der Waals surface area contributed by atoms with E-state index in [2.05, 4.69) is 11.0 Å². The Balaban J connectivity index is 1.58. The summed E-state index contributed by atoms with van der Waals surface area (Å²) in [6.45, 7) is 2.02. The fraction of sp³-hybridized carbons (Fsp3) is 0.290. The molecule has 1 aliphatic heterocycles. The van der Waals surface area contributed by atoms with Gasteiger partial charge in [-0.25, -0.2) is 8.78 Å². The van der Waals surface area contributed by atoms with Crippen LogP contribution < -0.4 is 0 Å². The molecule has 2 aliphatic rings. The summed E-state index contributed by atoms with van der Waals surface area (Å²) in [5.74, 6) is -3.19. The van der Waals surface area contributed by atoms with Crippen LogP contribution in [0.25, 0.3) is 17.2 Å². The van der Waals surface area contributed by atoms with Crippen molar-refractivity contribution in [3.8, 4) is 0 Å². The summed E-state index contributed by atoms with van der Waals surface area (Å²) in [6.07, 6.45) is -0.865. The Morgan fingerprint density at radius 3 is 2.29 bits per heavy atom. The molecule has 5 rings (SSSR count). The van der Waals surface area contributed by atoms with Crippen LogP contribution in [0.1, 0.15) is 52.6 Å². The minimum absolute atomic E-state index is 0.223. The summed E-state index contributed by atoms with van der Waals surface area (Å²) >= 11 is 0. The Labute approximate surface area is 218 Å². The molecule has 1 saturated heterocycles. The first kappa shape index (κ1) is 26.3. The van der Waals surface area contributed by atoms with Crippen LogP contribution in [0.3, 0.4) is 0 Å². The number of hydrogen-bond donors (Lipinski definition) is 0. The van der Waals surface area contributed by atoms with Crippen molar-refractivity contribution >= 4 is 17.2 Å². The van der Waals surface area contributed by atoms with Crippen LogP contribution in [0.2, 0.25) is 0 Å². The van der Waals surface area contributed by atoms with E-state index in [1.165, 1.54) is 5.57 Å². The van der Waals surface area contributed by atoms with E-state index in [0.29, 0.717) is 42.9 Å². The second-order valence-electron chi connectivity index (χ2n) is 9.82. The molecule has 0 saturated carbocycles. The Kier molecular flexibility index (Phi) is 7.48. The van der Waals surface area contributed by atoms with E-state index in [4.69, 9.17) is 0 Å². The predicted octanol–water partition coefficient (Wildman–Crippen LogP) is 8.34. The van der Waals surface area contributed by atoms with Gasteiger partial charge in [0, 0.05) is 25.2 Å². The fourth-order valence-corrected chi connectivity index (χ4v) is 5.41. The number of benzene rings is 3. The molecule has 1 nitrogen and oxygen atoms in total. The maximum atomic E-state index is 15.3. The van der Waals surface area contributed by atoms with Crippen molar-refractivity contribution in [2.45, 2.75) is 31.9 Å². The Bertz CT molecular complexity index is 1380. The standard InChI is InChI=1S/C31H27F6N/c32-15-4-16-38-18-21(19-38)17-20-9-11-23(12-10-20)28-24-7-2-1-5-22(24)6-3-8-25(28)26-13-14-27(33)29(30(26)34)31(35,36)37/h1-2,5,7,9-14,17H,3-4,6,8,15-16,18-19H2. The third-order valence-corrected chi connectivity index (χ3v) is 7.19. The summed E-state index contributed by atoms with van der Waals surface area (Å²) in [6, 6.07) is 17.1. The van der Waals surface area contributed by atoms with E-state index in [9.17, 15) is 22.0 Å². The van der Waals surface area contributed by atoms with Crippen LogP contribution in [-0.2, 0) is 12.6 Å². The first-order valence-corrected chi connectivity index (χ1v) is 12.7. The van der Waals surface area contributed by atoms with Gasteiger partial charge in [-0.05, 0) is 76.8 Å². The average molecular weight is 528 g/mol. The molecule has 1 aliphatic carbocycles. The highest BCUT2D eigenvalue weighted by Crippen LogP contribution is 2.43. The minimum Gasteiger partial charge on any atom is -0.295 e. The predicted molar refractivity (Wildman–Crippen MR) is 138 cm³/mol. The van der Waals surface area contributed by atoms with Crippen LogP contribution in [0, 0.1) is 11.6 Å². The van der Waals surface area contributed by atoms with Gasteiger partial charge in [0.15, 0.2) is 0 Å². The molecule has 0 unspecified atom stereocenters. The molecule has 3 aromatic rings. The normalized spacial score (nSPS) is 16.2. The fourth-order valence-electron chi connectivity index (χ4n) is 5.41. The molecule has 3 aromatic carbocycles. The first-order chi connectivity index (χ1) is 18.3. The molecular weight excluding hydrogens is 500 g/mol. The molecule has 7 heteroatoms. The van der Waals surface area contributed by atoms with Crippen LogP contribution in [0.15, 0.2) is 66.2 Å². The molecule has 0 radical (unpaired) electrons. The van der Waals surface area contributed by atoms with Gasteiger partial charge in [-0.1, -0.05) is 54.6 Å². The molecule has 0 atom stereocenters. The van der Waals surface area contributed by atoms with Gasteiger partial charge >= 0.3 is 6.18 Å². The second-order valence-corrected chi connectivity index (χ2v) is 9.82. The molecule has 0 N–H and O–H groups in total. The van der Waals surface area contributed by atoms with E-state index in [-0.39, 0.29) is 12.2 Å². The van der Waals surface area contributed by atoms with Gasteiger partial charge < -0.3 is 0 Å². The number of hydrogen-bond acceptors (Lipinski definition) is 1. The van der Waals surface area contributed by atoms with Gasteiger partial charge in [0.05, 0.1) is 6.67 Å². The quantitative estimate of drug-likeness (QED) is 0.291. The highest BCUT2D eigenvalue weighted by Gasteiger charge is 2.39. The van der Waals surface area contributed by atoms with Crippen LogP contribution in [0.5, 0.6) is 0 Å². The molecule has 1 heterocycles. The largest absolute Gasteiger partial charge is 0.422 e. The summed E-state index contributed by atoms with van der Waals surface area (Å²) in [5.41, 5.74) is 3.86. The topological polar surface area (TPSA) is 3.24 Å². The van der Waals surface area contributed by atoms with Gasteiger partial charge in [-0.3, -0.25) is 9.29 Å². The first-order valence-electron chi connectivity index (χ1n) is 12.7. The van der Waals surface area contributed by atoms with Crippen LogP contribution in [0.4, 0.5) is 26.3 Å². The van der Waals surface area contributed by atoms with Gasteiger partial charge in [-0.2, -0.15) is 13.2 Å². The van der Waals surface area contributed by atoms with Crippen molar-refractivity contribution in [1.29, 1.82) is 0 Å². The van der Waals surface area contributed by atoms with Gasteiger partial charge in [0.25, 0.3) is 0 Å². The van der Waals surface area contributed by atoms with E-state index in [0.717, 1.165) is 48.0 Å². The number of alkyl halides is 4. The number of rotatable bonds is 6. The van der Waals surface area contributed by atoms with E-state index >= 15 is 4.39 Å². The minimum atomic E-state index is -5.15. The molecular formula is C31H27F6N. The second kappa shape index (κ2) is 10.8. The Morgan fingerprint density at radius 2 is 1.58 bits per heavy atom. The van der Waals surface area contributed by atoms with Crippen molar-refractivity contribution in [3.05, 3.63) is 111 Å². The van der Waals surface area contributed by atoms with E-state index < -0.39 is 23.4 Å². The van der Waals surface area contributed by atoms with Gasteiger partial charge in [0.2, 0.25) is 0 Å². The van der Waals surface area contributed by atoms with Crippen molar-refractivity contribution in [1.82, 2.24) is 4.90 Å². The van der Waals surface area contributed by atoms with Crippen molar-refractivity contribution < 1.29 is 26.3 Å². The zero-order chi connectivity index (χ0) is 26.9. The molecule has 0 bridgehead atoms. The monoisotopic (exact) mass is 527 g/mol. The summed E-state index contributed by atoms with van der Waals surface area (Å²) in [4.78, 5) is 2.17. The number of aryl methyl sites for hydroxylation is 1. The van der Waals surface area contributed by atoms with Gasteiger partial charge in [-0.15, -0.1) is 0 Å². The Morgan fingerprint density at radius 1 is 0.842 bits per heavy atom. The number of halogens is 6. The van der Waals surface area contributed by atoms with Crippen molar-refractivity contribution in [2.24, 2.45) is 0 Å². The van der Waals surface area contributed by atoms with Crippen molar-refractivity contribution in [3.63, 3.8) is 0 Å². The van der Waals surface area contributed by atoms with Crippen molar-refractivity contribution in [2.75, 3.05) is 26.3 Å². The smallest absolute Gasteiger partial charge is 0.295 e. The molecule has 38 heavy (non-hydrogen) atoms. The lowest BCUT2D eigenvalue weighted by Gasteiger charge is -2.33. The maximum absolute atomic E-state index is 15.3. The molecule has 198 valence electrons. The third-order valence-electron chi connectivity index (χ3n) is 7.19. The molecule has 1 fully saturated rings. The van der Waals surface area contributed by atoms with Gasteiger partial charge in [0.1, 0.15) is 17.2 Å². The number of likely N-dealkylation sites (tertiary alicyclic amines) is 1. The number of fused-ring (bicyclic) bond motifs is 1. The molecule has 0 aromatic heterocycles. The number of allylic oxidation sites excluding steroid dienone is 1. The highest BCUT2D eigenvalue weighted by atomic mass is 19.4. The maximum Gasteiger partial charge on any atom is 0.422 e. The number of nitrogens with zero attached hydrogens (tertiary/aromatic N) is 1. The SMILES string of the molecule is FCCCN1CC(=Cc2ccc(C3=C(c4ccc(F)c(C(F)(F)F)c4F)CCCc4ccccc43)cc2)C1. The van der Waals surface area contributed by atoms with E-state index in [1.54, 1.807) is 0 Å². The summed E-state index contributed by atoms with van der Waals surface area (Å²) < 4.78 is 82.5. The lowest BCUT2D eigenvalue weighted by molar-refractivity contribution is -0.142.